The van der Waals surface area contributed by atoms with Crippen LogP contribution in [0.4, 0.5) is 0 Å². The molecule has 4 amide bonds. The van der Waals surface area contributed by atoms with Crippen molar-refractivity contribution in [1.29, 1.82) is 0 Å². The van der Waals surface area contributed by atoms with Crippen LogP contribution in [0.25, 0.3) is 0 Å². The zero-order valence-corrected chi connectivity index (χ0v) is 26.8. The molecule has 2 aliphatic carbocycles. The number of methoxy groups -OCH3 is 1. The lowest BCUT2D eigenvalue weighted by molar-refractivity contribution is -0.143. The molecule has 5 rings (SSSR count). The second kappa shape index (κ2) is 14.9. The maximum Gasteiger partial charge on any atom is 0.251 e. The van der Waals surface area contributed by atoms with Crippen molar-refractivity contribution in [1.82, 2.24) is 20.9 Å². The monoisotopic (exact) mass is 616 g/mol. The van der Waals surface area contributed by atoms with Crippen LogP contribution < -0.4 is 20.7 Å². The largest absolute Gasteiger partial charge is 0.497 e. The van der Waals surface area contributed by atoms with Gasteiger partial charge in [0.1, 0.15) is 17.8 Å². The lowest BCUT2D eigenvalue weighted by Gasteiger charge is -2.35. The van der Waals surface area contributed by atoms with Gasteiger partial charge in [-0.05, 0) is 80.2 Å². The molecular weight excluding hydrogens is 568 g/mol. The molecule has 2 aromatic rings. The molecule has 1 saturated carbocycles. The molecule has 1 aliphatic heterocycles. The minimum Gasteiger partial charge on any atom is -0.497 e. The van der Waals surface area contributed by atoms with E-state index in [0.29, 0.717) is 24.2 Å². The number of amides is 4. The predicted octanol–water partition coefficient (Wildman–Crippen LogP) is 4.70. The Labute approximate surface area is 266 Å². The van der Waals surface area contributed by atoms with Gasteiger partial charge in [0, 0.05) is 24.1 Å². The molecule has 0 spiro atoms. The lowest BCUT2D eigenvalue weighted by Crippen LogP contribution is -2.57. The highest BCUT2D eigenvalue weighted by atomic mass is 16.5. The SMILES string of the molecule is CC[C@@H](C)C(=O)N[C@H](C(=O)N1C[C@H](NC(=O)c2cccc(OC)c2)C[C@H]1C(=O)N[C@@H]1CCCc2ccccc21)C1CCCCC1. The van der Waals surface area contributed by atoms with Gasteiger partial charge < -0.3 is 25.6 Å². The van der Waals surface area contributed by atoms with Crippen LogP contribution in [-0.2, 0) is 20.8 Å². The maximum atomic E-state index is 14.5. The van der Waals surface area contributed by atoms with Crippen LogP contribution >= 0.6 is 0 Å². The molecule has 0 aromatic heterocycles. The Bertz CT molecular complexity index is 1370. The van der Waals surface area contributed by atoms with Gasteiger partial charge in [0.05, 0.1) is 13.2 Å². The van der Waals surface area contributed by atoms with Gasteiger partial charge in [-0.25, -0.2) is 0 Å². The quantitative estimate of drug-likeness (QED) is 0.358. The number of nitrogens with zero attached hydrogens (tertiary/aromatic N) is 1. The van der Waals surface area contributed by atoms with Crippen LogP contribution in [0.2, 0.25) is 0 Å². The highest BCUT2D eigenvalue weighted by Gasteiger charge is 2.45. The van der Waals surface area contributed by atoms with Gasteiger partial charge in [-0.15, -0.1) is 0 Å². The van der Waals surface area contributed by atoms with E-state index in [9.17, 15) is 19.2 Å². The Morgan fingerprint density at radius 2 is 1.73 bits per heavy atom. The van der Waals surface area contributed by atoms with E-state index in [1.54, 1.807) is 36.3 Å². The van der Waals surface area contributed by atoms with Crippen molar-refractivity contribution < 1.29 is 23.9 Å². The summed E-state index contributed by atoms with van der Waals surface area (Å²) in [5.41, 5.74) is 2.80. The number of aryl methyl sites for hydroxylation is 1. The number of carbonyl (C=O) groups is 4. The number of ether oxygens (including phenoxy) is 1. The standard InChI is InChI=1S/C36H48N4O5/c1-4-23(2)33(41)39-32(25-13-6-5-7-14-25)36(44)40-22-27(37-34(42)26-16-10-17-28(20-26)45-3)21-31(40)35(43)38-30-19-11-15-24-12-8-9-18-29(24)30/h8-10,12,16-18,20,23,25,27,30-32H,4-7,11,13-15,19,21-22H2,1-3H3,(H,37,42)(H,38,43)(H,39,41)/t23-,27-,30-,31+,32+/m1/s1. The third kappa shape index (κ3) is 7.68. The van der Waals surface area contributed by atoms with E-state index in [0.717, 1.165) is 56.9 Å². The van der Waals surface area contributed by atoms with Crippen molar-refractivity contribution in [2.45, 2.75) is 102 Å². The summed E-state index contributed by atoms with van der Waals surface area (Å²) in [7, 11) is 1.55. The van der Waals surface area contributed by atoms with Gasteiger partial charge in [-0.1, -0.05) is 63.4 Å². The summed E-state index contributed by atoms with van der Waals surface area (Å²) in [6.07, 6.45) is 8.60. The fourth-order valence-electron chi connectivity index (χ4n) is 7.15. The van der Waals surface area contributed by atoms with Gasteiger partial charge in [0.15, 0.2) is 0 Å². The van der Waals surface area contributed by atoms with Gasteiger partial charge in [-0.2, -0.15) is 0 Å². The van der Waals surface area contributed by atoms with E-state index in [1.165, 1.54) is 5.56 Å². The number of nitrogens with one attached hydrogen (secondary N) is 3. The smallest absolute Gasteiger partial charge is 0.251 e. The first-order valence-corrected chi connectivity index (χ1v) is 16.7. The minimum atomic E-state index is -0.770. The summed E-state index contributed by atoms with van der Waals surface area (Å²) in [5, 5.41) is 9.43. The Morgan fingerprint density at radius 1 is 0.956 bits per heavy atom. The van der Waals surface area contributed by atoms with Crippen molar-refractivity contribution in [3.63, 3.8) is 0 Å². The van der Waals surface area contributed by atoms with Crippen LogP contribution in [0.15, 0.2) is 48.5 Å². The number of fused-ring (bicyclic) bond motifs is 1. The molecule has 9 heteroatoms. The molecule has 45 heavy (non-hydrogen) atoms. The third-order valence-corrected chi connectivity index (χ3v) is 9.98. The highest BCUT2D eigenvalue weighted by molar-refractivity contribution is 5.96. The van der Waals surface area contributed by atoms with Gasteiger partial charge >= 0.3 is 0 Å². The number of rotatable bonds is 10. The van der Waals surface area contributed by atoms with Crippen LogP contribution in [0.3, 0.4) is 0 Å². The number of hydrogen-bond acceptors (Lipinski definition) is 5. The summed E-state index contributed by atoms with van der Waals surface area (Å²) in [4.78, 5) is 56.6. The number of benzene rings is 2. The molecular formula is C36H48N4O5. The summed E-state index contributed by atoms with van der Waals surface area (Å²) < 4.78 is 5.29. The average Bonchev–Trinajstić information content (AvgIpc) is 3.50. The molecule has 0 radical (unpaired) electrons. The van der Waals surface area contributed by atoms with E-state index in [-0.39, 0.29) is 48.1 Å². The van der Waals surface area contributed by atoms with Gasteiger partial charge in [-0.3, -0.25) is 19.2 Å². The zero-order chi connectivity index (χ0) is 31.9. The highest BCUT2D eigenvalue weighted by Crippen LogP contribution is 2.32. The molecule has 0 bridgehead atoms. The lowest BCUT2D eigenvalue weighted by atomic mass is 9.83. The molecule has 9 nitrogen and oxygen atoms in total. The van der Waals surface area contributed by atoms with Crippen LogP contribution in [0.5, 0.6) is 5.75 Å². The summed E-state index contributed by atoms with van der Waals surface area (Å²) in [6, 6.07) is 13.1. The minimum absolute atomic E-state index is 0.0126. The van der Waals surface area contributed by atoms with Crippen LogP contribution in [0.1, 0.15) is 99.2 Å². The molecule has 3 N–H and O–H groups in total. The van der Waals surface area contributed by atoms with Gasteiger partial charge in [0.2, 0.25) is 17.7 Å². The number of likely N-dealkylation sites (tertiary alicyclic amines) is 1. The number of carbonyl (C=O) groups excluding carboxylic acids is 4. The molecule has 2 fully saturated rings. The predicted molar refractivity (Wildman–Crippen MR) is 173 cm³/mol. The van der Waals surface area contributed by atoms with Crippen molar-refractivity contribution in [3.8, 4) is 5.75 Å². The maximum absolute atomic E-state index is 14.5. The fraction of sp³-hybridized carbons (Fsp3) is 0.556. The molecule has 3 aliphatic rings. The molecule has 0 unspecified atom stereocenters. The van der Waals surface area contributed by atoms with Crippen LogP contribution in [-0.4, -0.2) is 60.3 Å². The Morgan fingerprint density at radius 3 is 2.49 bits per heavy atom. The van der Waals surface area contributed by atoms with E-state index in [4.69, 9.17) is 4.74 Å². The summed E-state index contributed by atoms with van der Waals surface area (Å²) in [5.74, 6) is -0.518. The van der Waals surface area contributed by atoms with E-state index in [1.807, 2.05) is 26.0 Å². The molecule has 242 valence electrons. The molecule has 1 saturated heterocycles. The topological polar surface area (TPSA) is 117 Å². The number of hydrogen-bond donors (Lipinski definition) is 3. The van der Waals surface area contributed by atoms with Crippen molar-refractivity contribution in [2.24, 2.45) is 11.8 Å². The Balaban J connectivity index is 1.40. The summed E-state index contributed by atoms with van der Waals surface area (Å²) >= 11 is 0. The second-order valence-corrected chi connectivity index (χ2v) is 13.0. The fourth-order valence-corrected chi connectivity index (χ4v) is 7.15. The molecule has 5 atom stereocenters. The van der Waals surface area contributed by atoms with Crippen molar-refractivity contribution in [3.05, 3.63) is 65.2 Å². The van der Waals surface area contributed by atoms with Crippen LogP contribution in [0, 0.1) is 11.8 Å². The van der Waals surface area contributed by atoms with Crippen molar-refractivity contribution >= 4 is 23.6 Å². The van der Waals surface area contributed by atoms with Gasteiger partial charge in [0.25, 0.3) is 5.91 Å². The van der Waals surface area contributed by atoms with E-state index < -0.39 is 18.1 Å². The first kappa shape index (κ1) is 32.5. The zero-order valence-electron chi connectivity index (χ0n) is 26.8. The van der Waals surface area contributed by atoms with E-state index in [2.05, 4.69) is 28.1 Å². The second-order valence-electron chi connectivity index (χ2n) is 13.0. The first-order valence-electron chi connectivity index (χ1n) is 16.7. The average molecular weight is 617 g/mol. The Hall–Kier alpha value is -3.88. The first-order chi connectivity index (χ1) is 21.8. The third-order valence-electron chi connectivity index (χ3n) is 9.98. The molecule has 1 heterocycles. The summed E-state index contributed by atoms with van der Waals surface area (Å²) in [6.45, 7) is 4.02. The normalized spacial score (nSPS) is 22.9. The van der Waals surface area contributed by atoms with E-state index >= 15 is 0 Å². The Kier molecular flexibility index (Phi) is 10.8. The molecule has 2 aromatic carbocycles. The van der Waals surface area contributed by atoms with Crippen molar-refractivity contribution in [2.75, 3.05) is 13.7 Å².